The van der Waals surface area contributed by atoms with Crippen LogP contribution in [0.2, 0.25) is 10.0 Å². The number of aliphatic imine (C=N–C) groups is 1. The normalized spacial score (nSPS) is 19.4. The largest absolute Gasteiger partial charge is 0.497 e. The number of urea groups is 1. The molecule has 0 aromatic heterocycles. The second-order valence-corrected chi connectivity index (χ2v) is 11.8. The number of halogens is 2. The lowest BCUT2D eigenvalue weighted by Crippen LogP contribution is -2.56. The molecule has 5 rings (SSSR count). The molecule has 0 N–H and O–H groups in total. The van der Waals surface area contributed by atoms with E-state index in [1.807, 2.05) is 104 Å². The summed E-state index contributed by atoms with van der Waals surface area (Å²) >= 11 is 12.6. The topological polar surface area (TPSA) is 60.9 Å². The molecule has 0 radical (unpaired) electrons. The lowest BCUT2D eigenvalue weighted by molar-refractivity contribution is -0.0120. The van der Waals surface area contributed by atoms with Crippen molar-refractivity contribution in [2.75, 3.05) is 47.4 Å². The first-order valence-electron chi connectivity index (χ1n) is 14.1. The van der Waals surface area contributed by atoms with Crippen molar-refractivity contribution in [3.05, 3.63) is 93.5 Å². The first-order valence-corrected chi connectivity index (χ1v) is 14.9. The molecular weight excluding hydrogens is 573 g/mol. The van der Waals surface area contributed by atoms with Gasteiger partial charge in [0, 0.05) is 56.4 Å². The van der Waals surface area contributed by atoms with E-state index >= 15 is 0 Å². The summed E-state index contributed by atoms with van der Waals surface area (Å²) in [5, 5.41) is 5.57. The number of methoxy groups -OCH3 is 1. The smallest absolute Gasteiger partial charge is 0.326 e. The summed E-state index contributed by atoms with van der Waals surface area (Å²) in [6, 6.07) is 20.0. The summed E-state index contributed by atoms with van der Waals surface area (Å²) in [7, 11) is 5.67. The van der Waals surface area contributed by atoms with Crippen LogP contribution in [-0.2, 0) is 0 Å². The third-order valence-electron chi connectivity index (χ3n) is 7.58. The van der Waals surface area contributed by atoms with Crippen LogP contribution in [0.4, 0.5) is 4.79 Å². The van der Waals surface area contributed by atoms with E-state index in [1.165, 1.54) is 0 Å². The number of benzene rings is 3. The number of nitrogens with zero attached hydrogens (tertiary/aromatic N) is 5. The third kappa shape index (κ3) is 6.37. The van der Waals surface area contributed by atoms with Crippen molar-refractivity contribution in [2.45, 2.75) is 32.0 Å². The number of carbonyl (C=O) groups excluding carboxylic acids is 1. The van der Waals surface area contributed by atoms with Crippen molar-refractivity contribution in [2.24, 2.45) is 4.99 Å². The van der Waals surface area contributed by atoms with Gasteiger partial charge in [-0.15, -0.1) is 0 Å². The van der Waals surface area contributed by atoms with Gasteiger partial charge in [0.2, 0.25) is 0 Å². The van der Waals surface area contributed by atoms with Crippen molar-refractivity contribution >= 4 is 35.1 Å². The summed E-state index contributed by atoms with van der Waals surface area (Å²) in [6.07, 6.45) is -0.0970. The molecule has 8 nitrogen and oxygen atoms in total. The summed E-state index contributed by atoms with van der Waals surface area (Å²) in [5.74, 6) is 1.81. The van der Waals surface area contributed by atoms with Gasteiger partial charge in [0.05, 0.1) is 24.8 Å². The quantitative estimate of drug-likeness (QED) is 0.304. The van der Waals surface area contributed by atoms with Crippen molar-refractivity contribution in [3.8, 4) is 11.5 Å². The fourth-order valence-corrected chi connectivity index (χ4v) is 5.71. The van der Waals surface area contributed by atoms with Gasteiger partial charge in [-0.2, -0.15) is 0 Å². The monoisotopic (exact) mass is 609 g/mol. The molecule has 10 heteroatoms. The molecule has 2 unspecified atom stereocenters. The first-order chi connectivity index (χ1) is 20.2. The molecule has 2 atom stereocenters. The molecule has 1 saturated heterocycles. The third-order valence-corrected chi connectivity index (χ3v) is 8.08. The Balaban J connectivity index is 1.66. The summed E-state index contributed by atoms with van der Waals surface area (Å²) in [5.41, 5.74) is 2.60. The number of rotatable bonds is 7. The molecule has 0 spiro atoms. The lowest BCUT2D eigenvalue weighted by Gasteiger charge is -2.40. The molecule has 222 valence electrons. The van der Waals surface area contributed by atoms with Crippen molar-refractivity contribution in [3.63, 3.8) is 0 Å². The zero-order chi connectivity index (χ0) is 30.0. The second-order valence-electron chi connectivity index (χ2n) is 10.9. The van der Waals surface area contributed by atoms with Gasteiger partial charge in [0.15, 0.2) is 0 Å². The molecule has 0 saturated carbocycles. The van der Waals surface area contributed by atoms with Crippen LogP contribution < -0.4 is 9.47 Å². The molecule has 2 amide bonds. The molecule has 0 bridgehead atoms. The molecule has 2 aliphatic heterocycles. The summed E-state index contributed by atoms with van der Waals surface area (Å²) < 4.78 is 11.8. The molecule has 2 aliphatic rings. The number of carbonyl (C=O) groups is 1. The van der Waals surface area contributed by atoms with E-state index in [-0.39, 0.29) is 18.2 Å². The average molecular weight is 611 g/mol. The Hall–Kier alpha value is -3.30. The van der Waals surface area contributed by atoms with Gasteiger partial charge in [-0.05, 0) is 61.4 Å². The zero-order valence-corrected chi connectivity index (χ0v) is 26.1. The maximum absolute atomic E-state index is 14.6. The Labute approximate surface area is 258 Å². The average Bonchev–Trinajstić information content (AvgIpc) is 3.37. The number of amidine groups is 1. The van der Waals surface area contributed by atoms with E-state index in [0.29, 0.717) is 40.5 Å². The minimum absolute atomic E-state index is 0.0970. The Bertz CT molecular complexity index is 1420. The van der Waals surface area contributed by atoms with E-state index in [9.17, 15) is 4.79 Å². The maximum atomic E-state index is 14.6. The van der Waals surface area contributed by atoms with Crippen LogP contribution >= 0.6 is 23.2 Å². The number of amides is 2. The van der Waals surface area contributed by atoms with Crippen LogP contribution in [0.5, 0.6) is 11.5 Å². The van der Waals surface area contributed by atoms with Crippen LogP contribution in [0.25, 0.3) is 0 Å². The first kappa shape index (κ1) is 30.2. The molecule has 1 fully saturated rings. The van der Waals surface area contributed by atoms with Gasteiger partial charge in [-0.25, -0.2) is 14.8 Å². The van der Waals surface area contributed by atoms with Crippen LogP contribution in [0.3, 0.4) is 0 Å². The molecule has 3 aromatic rings. The maximum Gasteiger partial charge on any atom is 0.326 e. The highest BCUT2D eigenvalue weighted by Gasteiger charge is 2.45. The Morgan fingerprint density at radius 2 is 1.50 bits per heavy atom. The van der Waals surface area contributed by atoms with Gasteiger partial charge in [0.25, 0.3) is 0 Å². The predicted octanol–water partition coefficient (Wildman–Crippen LogP) is 6.55. The molecule has 42 heavy (non-hydrogen) atoms. The van der Waals surface area contributed by atoms with Gasteiger partial charge in [-0.1, -0.05) is 47.5 Å². The van der Waals surface area contributed by atoms with Crippen LogP contribution in [0.15, 0.2) is 71.7 Å². The second kappa shape index (κ2) is 12.9. The minimum atomic E-state index is -0.424. The Kier molecular flexibility index (Phi) is 9.28. The van der Waals surface area contributed by atoms with Gasteiger partial charge in [0.1, 0.15) is 23.4 Å². The minimum Gasteiger partial charge on any atom is -0.497 e. The van der Waals surface area contributed by atoms with Gasteiger partial charge >= 0.3 is 6.03 Å². The van der Waals surface area contributed by atoms with E-state index in [4.69, 9.17) is 37.7 Å². The van der Waals surface area contributed by atoms with Crippen LogP contribution in [0.1, 0.15) is 42.6 Å². The summed E-state index contributed by atoms with van der Waals surface area (Å²) in [6.45, 7) is 6.63. The fourth-order valence-electron chi connectivity index (χ4n) is 5.46. The molecule has 0 aliphatic carbocycles. The highest BCUT2D eigenvalue weighted by Crippen LogP contribution is 2.46. The number of ether oxygens (including phenoxy) is 2. The molecular formula is C32H37Cl2N5O3. The van der Waals surface area contributed by atoms with Crippen LogP contribution in [0, 0.1) is 0 Å². The van der Waals surface area contributed by atoms with Gasteiger partial charge in [-0.3, -0.25) is 9.89 Å². The van der Waals surface area contributed by atoms with E-state index in [1.54, 1.807) is 7.11 Å². The van der Waals surface area contributed by atoms with E-state index in [2.05, 4.69) is 10.0 Å². The Morgan fingerprint density at radius 3 is 2.05 bits per heavy atom. The molecule has 2 heterocycles. The predicted molar refractivity (Wildman–Crippen MR) is 168 cm³/mol. The van der Waals surface area contributed by atoms with Crippen LogP contribution in [-0.4, -0.2) is 85.2 Å². The van der Waals surface area contributed by atoms with Crippen molar-refractivity contribution in [1.82, 2.24) is 19.8 Å². The highest BCUT2D eigenvalue weighted by atomic mass is 35.5. The SMILES string of the molecule is COc1ccc(C2=NC(c3ccc(Cl)cc3)C(c3ccc(Cl)cc3)N2C(=O)N2CCN(N(C)C)CC2)c(OC(C)C)c1. The van der Waals surface area contributed by atoms with Crippen molar-refractivity contribution in [1.29, 1.82) is 0 Å². The van der Waals surface area contributed by atoms with Crippen molar-refractivity contribution < 1.29 is 14.3 Å². The molecule has 3 aromatic carbocycles. The lowest BCUT2D eigenvalue weighted by atomic mass is 9.93. The van der Waals surface area contributed by atoms with E-state index < -0.39 is 6.04 Å². The number of piperazine rings is 1. The standard InChI is InChI=1S/C32H37Cl2N5O3/c1-21(2)42-28-20-26(41-5)14-15-27(28)31-35-29(22-6-10-24(33)11-7-22)30(23-8-12-25(34)13-9-23)39(31)32(40)37-16-18-38(19-17-37)36(3)4/h6-15,20-21,29-30H,16-19H2,1-5H3. The number of hydrogen-bond acceptors (Lipinski definition) is 6. The summed E-state index contributed by atoms with van der Waals surface area (Å²) in [4.78, 5) is 23.7. The van der Waals surface area contributed by atoms with E-state index in [0.717, 1.165) is 29.8 Å². The number of hydrogen-bond donors (Lipinski definition) is 0. The number of hydrazine groups is 1. The fraction of sp³-hybridized carbons (Fsp3) is 0.375. The highest BCUT2D eigenvalue weighted by molar-refractivity contribution is 6.30. The zero-order valence-electron chi connectivity index (χ0n) is 24.6. The van der Waals surface area contributed by atoms with Gasteiger partial charge < -0.3 is 14.4 Å². The Morgan fingerprint density at radius 1 is 0.905 bits per heavy atom.